The Morgan fingerprint density at radius 2 is 2.00 bits per heavy atom. The Hall–Kier alpha value is -0.110. The summed E-state index contributed by atoms with van der Waals surface area (Å²) in [7, 11) is 2.22. The van der Waals surface area contributed by atoms with Crippen molar-refractivity contribution in [2.24, 2.45) is 0 Å². The summed E-state index contributed by atoms with van der Waals surface area (Å²) in [4.78, 5) is 2.88. The van der Waals surface area contributed by atoms with E-state index in [1.54, 1.807) is 0 Å². The molecule has 12 heavy (non-hydrogen) atoms. The van der Waals surface area contributed by atoms with Crippen LogP contribution >= 0.6 is 11.8 Å². The van der Waals surface area contributed by atoms with Gasteiger partial charge in [-0.05, 0) is 12.8 Å². The third kappa shape index (κ3) is 1.17. The van der Waals surface area contributed by atoms with Crippen molar-refractivity contribution in [3.63, 3.8) is 0 Å². The van der Waals surface area contributed by atoms with E-state index in [2.05, 4.69) is 30.3 Å². The highest BCUT2D eigenvalue weighted by molar-refractivity contribution is 8.01. The molecule has 2 rings (SSSR count). The van der Waals surface area contributed by atoms with Crippen molar-refractivity contribution in [2.45, 2.75) is 37.0 Å². The topological polar surface area (TPSA) is 3.24 Å². The molecule has 0 bridgehead atoms. The van der Waals surface area contributed by atoms with Crippen LogP contribution in [0.2, 0.25) is 0 Å². The summed E-state index contributed by atoms with van der Waals surface area (Å²) in [5.41, 5.74) is 1.32. The summed E-state index contributed by atoms with van der Waals surface area (Å²) in [5, 5.41) is 0. The molecule has 2 aliphatic rings. The maximum atomic E-state index is 4.09. The lowest BCUT2D eigenvalue weighted by Gasteiger charge is -2.39. The molecule has 0 N–H and O–H groups in total. The zero-order valence-electron chi connectivity index (χ0n) is 7.81. The minimum atomic E-state index is 0.454. The van der Waals surface area contributed by atoms with Crippen LogP contribution in [0, 0.1) is 0 Å². The van der Waals surface area contributed by atoms with Gasteiger partial charge in [-0.3, -0.25) is 0 Å². The van der Waals surface area contributed by atoms with Gasteiger partial charge in [0.25, 0.3) is 0 Å². The molecule has 1 spiro atoms. The van der Waals surface area contributed by atoms with Crippen LogP contribution in [0.3, 0.4) is 0 Å². The van der Waals surface area contributed by atoms with Gasteiger partial charge >= 0.3 is 0 Å². The van der Waals surface area contributed by atoms with Crippen LogP contribution < -0.4 is 0 Å². The molecule has 0 aromatic carbocycles. The van der Waals surface area contributed by atoms with E-state index in [-0.39, 0.29) is 0 Å². The maximum absolute atomic E-state index is 4.09. The fraction of sp³-hybridized carbons (Fsp3) is 0.800. The Balaban J connectivity index is 2.14. The lowest BCUT2D eigenvalue weighted by molar-refractivity contribution is 0.215. The average molecular weight is 183 g/mol. The Morgan fingerprint density at radius 3 is 2.50 bits per heavy atom. The summed E-state index contributed by atoms with van der Waals surface area (Å²) < 4.78 is 0. The van der Waals surface area contributed by atoms with Crippen molar-refractivity contribution < 1.29 is 0 Å². The Bertz CT molecular complexity index is 194. The van der Waals surface area contributed by atoms with Gasteiger partial charge in [0.05, 0.1) is 4.87 Å². The predicted octanol–water partition coefficient (Wildman–Crippen LogP) is 2.84. The first-order valence-electron chi connectivity index (χ1n) is 4.80. The van der Waals surface area contributed by atoms with Gasteiger partial charge in [0.1, 0.15) is 0 Å². The van der Waals surface area contributed by atoms with Crippen LogP contribution in [-0.4, -0.2) is 22.6 Å². The van der Waals surface area contributed by atoms with Crippen LogP contribution in [0.5, 0.6) is 0 Å². The van der Waals surface area contributed by atoms with Gasteiger partial charge < -0.3 is 4.90 Å². The smallest absolute Gasteiger partial charge is 0.0858 e. The summed E-state index contributed by atoms with van der Waals surface area (Å²) in [6, 6.07) is 0. The summed E-state index contributed by atoms with van der Waals surface area (Å²) in [5.74, 6) is 1.15. The molecule has 1 aliphatic carbocycles. The van der Waals surface area contributed by atoms with Gasteiger partial charge in [0, 0.05) is 18.5 Å². The number of hydrogen-bond acceptors (Lipinski definition) is 2. The Labute approximate surface area is 79.2 Å². The third-order valence-corrected chi connectivity index (χ3v) is 4.92. The number of thioether (sulfide) groups is 1. The van der Waals surface area contributed by atoms with Crippen LogP contribution in [0.4, 0.5) is 0 Å². The van der Waals surface area contributed by atoms with E-state index in [9.17, 15) is 0 Å². The zero-order valence-corrected chi connectivity index (χ0v) is 8.62. The molecule has 0 unspecified atom stereocenters. The van der Waals surface area contributed by atoms with Crippen molar-refractivity contribution in [2.75, 3.05) is 12.8 Å². The van der Waals surface area contributed by atoms with Crippen molar-refractivity contribution in [1.82, 2.24) is 4.90 Å². The van der Waals surface area contributed by atoms with Gasteiger partial charge in [-0.25, -0.2) is 0 Å². The molecule has 1 saturated heterocycles. The Kier molecular flexibility index (Phi) is 2.11. The molecular formula is C10H17NS. The highest BCUT2D eigenvalue weighted by Gasteiger charge is 2.41. The minimum absolute atomic E-state index is 0.454. The van der Waals surface area contributed by atoms with E-state index in [0.29, 0.717) is 4.87 Å². The SMILES string of the molecule is C=C1CSC2(CCCCC2)N1C. The first kappa shape index (κ1) is 8.49. The van der Waals surface area contributed by atoms with E-state index >= 15 is 0 Å². The molecule has 1 nitrogen and oxygen atoms in total. The predicted molar refractivity (Wildman–Crippen MR) is 55.2 cm³/mol. The van der Waals surface area contributed by atoms with Crippen molar-refractivity contribution in [1.29, 1.82) is 0 Å². The summed E-state index contributed by atoms with van der Waals surface area (Å²) in [6.45, 7) is 4.09. The molecule has 0 radical (unpaired) electrons. The van der Waals surface area contributed by atoms with E-state index in [1.807, 2.05) is 0 Å². The molecule has 1 heterocycles. The molecule has 0 atom stereocenters. The van der Waals surface area contributed by atoms with Crippen LogP contribution in [0.25, 0.3) is 0 Å². The van der Waals surface area contributed by atoms with Gasteiger partial charge in [-0.15, -0.1) is 11.8 Å². The lowest BCUT2D eigenvalue weighted by Crippen LogP contribution is -2.39. The van der Waals surface area contributed by atoms with E-state index in [0.717, 1.165) is 5.75 Å². The molecule has 0 aromatic heterocycles. The fourth-order valence-corrected chi connectivity index (χ4v) is 3.81. The molecular weight excluding hydrogens is 166 g/mol. The molecule has 2 heteroatoms. The van der Waals surface area contributed by atoms with Gasteiger partial charge in [0.2, 0.25) is 0 Å². The van der Waals surface area contributed by atoms with E-state index in [4.69, 9.17) is 0 Å². The second-order valence-corrected chi connectivity index (χ2v) is 5.26. The largest absolute Gasteiger partial charge is 0.363 e. The van der Waals surface area contributed by atoms with Crippen molar-refractivity contribution in [3.8, 4) is 0 Å². The maximum Gasteiger partial charge on any atom is 0.0858 e. The molecule has 68 valence electrons. The second kappa shape index (κ2) is 2.99. The normalized spacial score (nSPS) is 28.4. The van der Waals surface area contributed by atoms with Crippen LogP contribution in [0.15, 0.2) is 12.3 Å². The number of hydrogen-bond donors (Lipinski definition) is 0. The quantitative estimate of drug-likeness (QED) is 0.568. The number of nitrogens with zero attached hydrogens (tertiary/aromatic N) is 1. The summed E-state index contributed by atoms with van der Waals surface area (Å²) >= 11 is 2.11. The first-order chi connectivity index (χ1) is 5.75. The Morgan fingerprint density at radius 1 is 1.33 bits per heavy atom. The molecule has 0 amide bonds. The van der Waals surface area contributed by atoms with Crippen molar-refractivity contribution >= 4 is 11.8 Å². The van der Waals surface area contributed by atoms with E-state index in [1.165, 1.54) is 37.8 Å². The molecule has 1 saturated carbocycles. The number of rotatable bonds is 0. The standard InChI is InChI=1S/C10H17NS/c1-9-8-12-10(11(9)2)6-4-3-5-7-10/h1,3-8H2,2H3. The van der Waals surface area contributed by atoms with Gasteiger partial charge in [-0.2, -0.15) is 0 Å². The highest BCUT2D eigenvalue weighted by Crippen LogP contribution is 2.48. The minimum Gasteiger partial charge on any atom is -0.363 e. The van der Waals surface area contributed by atoms with E-state index < -0.39 is 0 Å². The van der Waals surface area contributed by atoms with Crippen LogP contribution in [-0.2, 0) is 0 Å². The zero-order chi connectivity index (χ0) is 8.60. The summed E-state index contributed by atoms with van der Waals surface area (Å²) in [6.07, 6.45) is 6.98. The highest BCUT2D eigenvalue weighted by atomic mass is 32.2. The molecule has 0 aromatic rings. The molecule has 2 fully saturated rings. The average Bonchev–Trinajstić information content (AvgIpc) is 2.37. The monoisotopic (exact) mass is 183 g/mol. The second-order valence-electron chi connectivity index (χ2n) is 3.92. The van der Waals surface area contributed by atoms with Gasteiger partial charge in [-0.1, -0.05) is 25.8 Å². The first-order valence-corrected chi connectivity index (χ1v) is 5.79. The molecule has 1 aliphatic heterocycles. The lowest BCUT2D eigenvalue weighted by atomic mass is 9.93. The third-order valence-electron chi connectivity index (χ3n) is 3.23. The fourth-order valence-electron chi connectivity index (χ4n) is 2.28. The van der Waals surface area contributed by atoms with Gasteiger partial charge in [0.15, 0.2) is 0 Å². The van der Waals surface area contributed by atoms with Crippen LogP contribution in [0.1, 0.15) is 32.1 Å². The van der Waals surface area contributed by atoms with Crippen molar-refractivity contribution in [3.05, 3.63) is 12.3 Å².